The van der Waals surface area contributed by atoms with Crippen LogP contribution in [0.3, 0.4) is 0 Å². The van der Waals surface area contributed by atoms with Crippen molar-refractivity contribution in [2.75, 3.05) is 5.73 Å². The van der Waals surface area contributed by atoms with Gasteiger partial charge in [0.25, 0.3) is 0 Å². The van der Waals surface area contributed by atoms with E-state index in [1.165, 1.54) is 0 Å². The zero-order chi connectivity index (χ0) is 12.5. The minimum atomic E-state index is -4.51. The Morgan fingerprint density at radius 3 is 2.41 bits per heavy atom. The van der Waals surface area contributed by atoms with Gasteiger partial charge in [-0.25, -0.2) is 9.97 Å². The van der Waals surface area contributed by atoms with E-state index in [1.807, 2.05) is 0 Å². The second-order valence-electron chi connectivity index (χ2n) is 3.45. The number of aromatic nitrogens is 3. The van der Waals surface area contributed by atoms with Gasteiger partial charge in [0.1, 0.15) is 11.5 Å². The van der Waals surface area contributed by atoms with Crippen molar-refractivity contribution < 1.29 is 13.2 Å². The van der Waals surface area contributed by atoms with E-state index in [9.17, 15) is 13.2 Å². The number of alkyl halides is 3. The Bertz CT molecular complexity index is 505. The van der Waals surface area contributed by atoms with Crippen LogP contribution < -0.4 is 5.73 Å². The molecule has 0 saturated heterocycles. The first kappa shape index (κ1) is 11.4. The molecule has 2 aromatic heterocycles. The molecule has 2 rings (SSSR count). The number of halogens is 3. The lowest BCUT2D eigenvalue weighted by Gasteiger charge is -2.09. The second-order valence-corrected chi connectivity index (χ2v) is 3.45. The van der Waals surface area contributed by atoms with Gasteiger partial charge >= 0.3 is 6.18 Å². The van der Waals surface area contributed by atoms with Crippen LogP contribution in [-0.2, 0) is 12.7 Å². The fourth-order valence-electron chi connectivity index (χ4n) is 1.37. The number of rotatable bonds is 2. The molecule has 4 nitrogen and oxygen atoms in total. The Kier molecular flexibility index (Phi) is 2.74. The summed E-state index contributed by atoms with van der Waals surface area (Å²) in [4.78, 5) is 7.21. The third-order valence-electron chi connectivity index (χ3n) is 2.07. The molecule has 90 valence electrons. The molecular formula is C10H9F3N4. The van der Waals surface area contributed by atoms with Crippen molar-refractivity contribution in [3.63, 3.8) is 0 Å². The molecule has 2 aromatic rings. The molecule has 17 heavy (non-hydrogen) atoms. The summed E-state index contributed by atoms with van der Waals surface area (Å²) in [5.74, 6) is -0.150. The molecule has 0 bridgehead atoms. The number of nitrogens with zero attached hydrogens (tertiary/aromatic N) is 3. The topological polar surface area (TPSA) is 56.7 Å². The maximum Gasteiger partial charge on any atom is 0.433 e. The summed E-state index contributed by atoms with van der Waals surface area (Å²) >= 11 is 0. The van der Waals surface area contributed by atoms with E-state index >= 15 is 0 Å². The van der Waals surface area contributed by atoms with Crippen molar-refractivity contribution in [1.82, 2.24) is 14.5 Å². The Hall–Kier alpha value is -2.05. The maximum absolute atomic E-state index is 12.5. The molecule has 0 aliphatic carbocycles. The van der Waals surface area contributed by atoms with Gasteiger partial charge < -0.3 is 10.3 Å². The lowest BCUT2D eigenvalue weighted by atomic mass is 10.3. The normalized spacial score (nSPS) is 11.7. The zero-order valence-corrected chi connectivity index (χ0v) is 8.65. The molecule has 0 spiro atoms. The Morgan fingerprint density at radius 2 is 1.82 bits per heavy atom. The molecule has 0 fully saturated rings. The van der Waals surface area contributed by atoms with Crippen LogP contribution in [-0.4, -0.2) is 14.5 Å². The maximum atomic E-state index is 12.5. The predicted molar refractivity (Wildman–Crippen MR) is 55.0 cm³/mol. The predicted octanol–water partition coefficient (Wildman–Crippen LogP) is 1.93. The highest BCUT2D eigenvalue weighted by molar-refractivity contribution is 5.31. The van der Waals surface area contributed by atoms with Crippen LogP contribution in [0.4, 0.5) is 19.0 Å². The average molecular weight is 242 g/mol. The number of nitrogens with two attached hydrogens (primary N) is 1. The summed E-state index contributed by atoms with van der Waals surface area (Å²) < 4.78 is 39.1. The van der Waals surface area contributed by atoms with E-state index in [0.717, 1.165) is 6.07 Å². The van der Waals surface area contributed by atoms with Gasteiger partial charge in [-0.2, -0.15) is 13.2 Å². The molecule has 0 aliphatic heterocycles. The van der Waals surface area contributed by atoms with Crippen molar-refractivity contribution in [2.45, 2.75) is 12.7 Å². The molecule has 0 aliphatic rings. The fraction of sp³-hybridized carbons (Fsp3) is 0.200. The van der Waals surface area contributed by atoms with Crippen molar-refractivity contribution >= 4 is 5.82 Å². The molecule has 0 unspecified atom stereocenters. The van der Waals surface area contributed by atoms with Crippen LogP contribution in [0.25, 0.3) is 0 Å². The highest BCUT2D eigenvalue weighted by Crippen LogP contribution is 2.28. The summed E-state index contributed by atoms with van der Waals surface area (Å²) in [6.45, 7) is 0.154. The molecule has 0 amide bonds. The molecule has 0 saturated carbocycles. The smallest absolute Gasteiger partial charge is 0.384 e. The van der Waals surface area contributed by atoms with Crippen molar-refractivity contribution in [2.24, 2.45) is 0 Å². The van der Waals surface area contributed by atoms with Crippen LogP contribution in [0.15, 0.2) is 30.6 Å². The van der Waals surface area contributed by atoms with E-state index in [0.29, 0.717) is 0 Å². The summed E-state index contributed by atoms with van der Waals surface area (Å²) in [5.41, 5.74) is 4.30. The first-order chi connectivity index (χ1) is 7.95. The van der Waals surface area contributed by atoms with E-state index in [2.05, 4.69) is 9.97 Å². The van der Waals surface area contributed by atoms with E-state index < -0.39 is 11.9 Å². The van der Waals surface area contributed by atoms with Gasteiger partial charge in [-0.05, 0) is 12.1 Å². The first-order valence-electron chi connectivity index (χ1n) is 4.76. The van der Waals surface area contributed by atoms with Gasteiger partial charge in [0.05, 0.1) is 6.54 Å². The molecule has 2 N–H and O–H groups in total. The van der Waals surface area contributed by atoms with Crippen molar-refractivity contribution in [1.29, 1.82) is 0 Å². The Morgan fingerprint density at radius 1 is 1.18 bits per heavy atom. The van der Waals surface area contributed by atoms with E-state index in [4.69, 9.17) is 5.73 Å². The standard InChI is InChI=1S/C10H9F3N4/c11-10(12,13)7-5-8(14)16-9(15-7)6-17-3-1-2-4-17/h1-5H,6H2,(H2,14,15,16). The summed E-state index contributed by atoms with van der Waals surface area (Å²) in [5, 5.41) is 0. The van der Waals surface area contributed by atoms with E-state index in [1.54, 1.807) is 29.1 Å². The van der Waals surface area contributed by atoms with Gasteiger partial charge in [-0.1, -0.05) is 0 Å². The summed E-state index contributed by atoms with van der Waals surface area (Å²) in [6, 6.07) is 4.24. The third-order valence-corrected chi connectivity index (χ3v) is 2.07. The summed E-state index contributed by atoms with van der Waals surface area (Å²) in [7, 11) is 0. The highest BCUT2D eigenvalue weighted by Gasteiger charge is 2.33. The van der Waals surface area contributed by atoms with Crippen molar-refractivity contribution in [3.05, 3.63) is 42.1 Å². The molecule has 0 radical (unpaired) electrons. The van der Waals surface area contributed by atoms with Gasteiger partial charge in [-0.3, -0.25) is 0 Å². The van der Waals surface area contributed by atoms with Crippen LogP contribution in [0, 0.1) is 0 Å². The van der Waals surface area contributed by atoms with Gasteiger partial charge in [-0.15, -0.1) is 0 Å². The van der Waals surface area contributed by atoms with E-state index in [-0.39, 0.29) is 18.2 Å². The third kappa shape index (κ3) is 2.74. The first-order valence-corrected chi connectivity index (χ1v) is 4.76. The molecule has 0 atom stereocenters. The largest absolute Gasteiger partial charge is 0.433 e. The van der Waals surface area contributed by atoms with Crippen LogP contribution in [0.2, 0.25) is 0 Å². The lowest BCUT2D eigenvalue weighted by Crippen LogP contribution is -2.13. The summed E-state index contributed by atoms with van der Waals surface area (Å²) in [6.07, 6.45) is -1.10. The second kappa shape index (κ2) is 4.08. The number of hydrogen-bond donors (Lipinski definition) is 1. The van der Waals surface area contributed by atoms with Crippen LogP contribution in [0.1, 0.15) is 11.5 Å². The van der Waals surface area contributed by atoms with Crippen molar-refractivity contribution in [3.8, 4) is 0 Å². The molecular weight excluding hydrogens is 233 g/mol. The Balaban J connectivity index is 2.32. The average Bonchev–Trinajstić information content (AvgIpc) is 2.68. The number of hydrogen-bond acceptors (Lipinski definition) is 3. The van der Waals surface area contributed by atoms with Crippen LogP contribution in [0.5, 0.6) is 0 Å². The van der Waals surface area contributed by atoms with Gasteiger partial charge in [0, 0.05) is 18.5 Å². The monoisotopic (exact) mass is 242 g/mol. The lowest BCUT2D eigenvalue weighted by molar-refractivity contribution is -0.141. The molecule has 2 heterocycles. The molecule has 0 aromatic carbocycles. The minimum absolute atomic E-state index is 0.0357. The highest BCUT2D eigenvalue weighted by atomic mass is 19.4. The zero-order valence-electron chi connectivity index (χ0n) is 8.65. The Labute approximate surface area is 94.9 Å². The number of nitrogen functional groups attached to an aromatic ring is 1. The fourth-order valence-corrected chi connectivity index (χ4v) is 1.37. The SMILES string of the molecule is Nc1cc(C(F)(F)F)nc(Cn2cccc2)n1. The number of anilines is 1. The van der Waals surface area contributed by atoms with Gasteiger partial charge in [0.2, 0.25) is 0 Å². The van der Waals surface area contributed by atoms with Gasteiger partial charge in [0.15, 0.2) is 5.82 Å². The molecule has 7 heteroatoms. The van der Waals surface area contributed by atoms with Crippen LogP contribution >= 0.6 is 0 Å². The quantitative estimate of drug-likeness (QED) is 0.875. The minimum Gasteiger partial charge on any atom is -0.384 e.